The third kappa shape index (κ3) is 3.31. The SMILES string of the molecule is COC(=O)/C=C/c1ccc(N2CCOCC2)s1. The second-order valence-corrected chi connectivity index (χ2v) is 4.73. The zero-order chi connectivity index (χ0) is 12.1. The van der Waals surface area contributed by atoms with Gasteiger partial charge in [0.15, 0.2) is 0 Å². The molecular formula is C12H15NO3S. The van der Waals surface area contributed by atoms with Gasteiger partial charge < -0.3 is 14.4 Å². The van der Waals surface area contributed by atoms with Crippen molar-refractivity contribution in [3.8, 4) is 0 Å². The van der Waals surface area contributed by atoms with Crippen LogP contribution in [0.4, 0.5) is 5.00 Å². The highest BCUT2D eigenvalue weighted by atomic mass is 32.1. The fraction of sp³-hybridized carbons (Fsp3) is 0.417. The smallest absolute Gasteiger partial charge is 0.330 e. The Morgan fingerprint density at radius 2 is 2.24 bits per heavy atom. The summed E-state index contributed by atoms with van der Waals surface area (Å²) in [6.07, 6.45) is 3.22. The number of nitrogens with zero attached hydrogens (tertiary/aromatic N) is 1. The first-order valence-electron chi connectivity index (χ1n) is 5.48. The Morgan fingerprint density at radius 1 is 1.47 bits per heavy atom. The summed E-state index contributed by atoms with van der Waals surface area (Å²) >= 11 is 1.67. The van der Waals surface area contributed by atoms with Gasteiger partial charge in [0.25, 0.3) is 0 Å². The molecule has 1 aromatic rings. The van der Waals surface area contributed by atoms with Gasteiger partial charge in [-0.2, -0.15) is 0 Å². The highest BCUT2D eigenvalue weighted by Gasteiger charge is 2.12. The van der Waals surface area contributed by atoms with Gasteiger partial charge in [0.2, 0.25) is 0 Å². The van der Waals surface area contributed by atoms with E-state index in [0.717, 1.165) is 31.2 Å². The summed E-state index contributed by atoms with van der Waals surface area (Å²) in [4.78, 5) is 14.3. The van der Waals surface area contributed by atoms with E-state index in [1.807, 2.05) is 6.07 Å². The minimum atomic E-state index is -0.327. The lowest BCUT2D eigenvalue weighted by molar-refractivity contribution is -0.134. The van der Waals surface area contributed by atoms with Crippen LogP contribution in [0.2, 0.25) is 0 Å². The first kappa shape index (κ1) is 12.1. The van der Waals surface area contributed by atoms with Crippen LogP contribution in [0, 0.1) is 0 Å². The maximum atomic E-state index is 11.0. The summed E-state index contributed by atoms with van der Waals surface area (Å²) in [6.45, 7) is 3.43. The van der Waals surface area contributed by atoms with Gasteiger partial charge in [0, 0.05) is 24.0 Å². The van der Waals surface area contributed by atoms with Crippen molar-refractivity contribution in [2.75, 3.05) is 38.3 Å². The number of rotatable bonds is 3. The lowest BCUT2D eigenvalue weighted by atomic mass is 10.4. The quantitative estimate of drug-likeness (QED) is 0.608. The summed E-state index contributed by atoms with van der Waals surface area (Å²) in [5, 5.41) is 1.22. The molecule has 2 rings (SSSR count). The Hall–Kier alpha value is -1.33. The van der Waals surface area contributed by atoms with E-state index >= 15 is 0 Å². The molecule has 0 bridgehead atoms. The maximum absolute atomic E-state index is 11.0. The van der Waals surface area contributed by atoms with Crippen LogP contribution in [0.25, 0.3) is 6.08 Å². The molecule has 92 valence electrons. The van der Waals surface area contributed by atoms with Crippen LogP contribution in [0.5, 0.6) is 0 Å². The number of carbonyl (C=O) groups is 1. The lowest BCUT2D eigenvalue weighted by Crippen LogP contribution is -2.35. The molecule has 17 heavy (non-hydrogen) atoms. The Bertz CT molecular complexity index is 408. The zero-order valence-electron chi connectivity index (χ0n) is 9.72. The van der Waals surface area contributed by atoms with Crippen LogP contribution in [-0.4, -0.2) is 39.4 Å². The third-order valence-electron chi connectivity index (χ3n) is 2.52. The molecule has 0 saturated carbocycles. The van der Waals surface area contributed by atoms with Gasteiger partial charge in [-0.1, -0.05) is 0 Å². The molecule has 0 atom stereocenters. The number of carbonyl (C=O) groups excluding carboxylic acids is 1. The van der Waals surface area contributed by atoms with E-state index in [9.17, 15) is 4.79 Å². The molecule has 0 aliphatic carbocycles. The lowest BCUT2D eigenvalue weighted by Gasteiger charge is -2.27. The summed E-state index contributed by atoms with van der Waals surface area (Å²) in [6, 6.07) is 4.09. The van der Waals surface area contributed by atoms with Crippen molar-refractivity contribution < 1.29 is 14.3 Å². The predicted octanol–water partition coefficient (Wildman–Crippen LogP) is 1.77. The molecule has 0 radical (unpaired) electrons. The summed E-state index contributed by atoms with van der Waals surface area (Å²) in [5.74, 6) is -0.327. The Balaban J connectivity index is 2.00. The number of hydrogen-bond acceptors (Lipinski definition) is 5. The monoisotopic (exact) mass is 253 g/mol. The number of methoxy groups -OCH3 is 1. The van der Waals surface area contributed by atoms with Crippen LogP contribution < -0.4 is 4.90 Å². The van der Waals surface area contributed by atoms with Crippen molar-refractivity contribution in [3.05, 3.63) is 23.1 Å². The topological polar surface area (TPSA) is 38.8 Å². The van der Waals surface area contributed by atoms with Crippen LogP contribution in [-0.2, 0) is 14.3 Å². The molecule has 0 unspecified atom stereocenters. The molecule has 1 aliphatic heterocycles. The average Bonchev–Trinajstić information content (AvgIpc) is 2.86. The van der Waals surface area contributed by atoms with Gasteiger partial charge in [0.05, 0.1) is 25.3 Å². The number of thiophene rings is 1. The molecule has 0 aromatic carbocycles. The van der Waals surface area contributed by atoms with Gasteiger partial charge in [-0.25, -0.2) is 4.79 Å². The predicted molar refractivity (Wildman–Crippen MR) is 68.4 cm³/mol. The van der Waals surface area contributed by atoms with Crippen molar-refractivity contribution in [3.63, 3.8) is 0 Å². The number of ether oxygens (including phenoxy) is 2. The fourth-order valence-corrected chi connectivity index (χ4v) is 2.57. The normalized spacial score (nSPS) is 16.4. The minimum absolute atomic E-state index is 0.327. The van der Waals surface area contributed by atoms with E-state index in [-0.39, 0.29) is 5.97 Å². The molecule has 1 aliphatic rings. The molecule has 0 N–H and O–H groups in total. The van der Waals surface area contributed by atoms with Crippen molar-refractivity contribution in [1.29, 1.82) is 0 Å². The number of anilines is 1. The molecule has 0 spiro atoms. The average molecular weight is 253 g/mol. The zero-order valence-corrected chi connectivity index (χ0v) is 10.5. The van der Waals surface area contributed by atoms with Gasteiger partial charge >= 0.3 is 5.97 Å². The van der Waals surface area contributed by atoms with Crippen molar-refractivity contribution in [1.82, 2.24) is 0 Å². The fourth-order valence-electron chi connectivity index (χ4n) is 1.60. The first-order valence-corrected chi connectivity index (χ1v) is 6.30. The summed E-state index contributed by atoms with van der Waals surface area (Å²) in [7, 11) is 1.38. The van der Waals surface area contributed by atoms with Crippen molar-refractivity contribution in [2.24, 2.45) is 0 Å². The number of morpholine rings is 1. The third-order valence-corrected chi connectivity index (χ3v) is 3.63. The molecule has 5 heteroatoms. The number of esters is 1. The second-order valence-electron chi connectivity index (χ2n) is 3.63. The van der Waals surface area contributed by atoms with E-state index in [4.69, 9.17) is 4.74 Å². The van der Waals surface area contributed by atoms with E-state index in [0.29, 0.717) is 0 Å². The van der Waals surface area contributed by atoms with E-state index in [1.54, 1.807) is 17.4 Å². The van der Waals surface area contributed by atoms with Crippen molar-refractivity contribution in [2.45, 2.75) is 0 Å². The van der Waals surface area contributed by atoms with Crippen LogP contribution in [0.1, 0.15) is 4.88 Å². The second kappa shape index (κ2) is 5.84. The van der Waals surface area contributed by atoms with Crippen LogP contribution in [0.3, 0.4) is 0 Å². The van der Waals surface area contributed by atoms with Crippen molar-refractivity contribution >= 4 is 28.4 Å². The van der Waals surface area contributed by atoms with Crippen LogP contribution >= 0.6 is 11.3 Å². The molecule has 1 fully saturated rings. The molecule has 2 heterocycles. The van der Waals surface area contributed by atoms with Gasteiger partial charge in [-0.15, -0.1) is 11.3 Å². The minimum Gasteiger partial charge on any atom is -0.466 e. The first-order chi connectivity index (χ1) is 8.29. The van der Waals surface area contributed by atoms with E-state index in [1.165, 1.54) is 18.2 Å². The molecule has 0 amide bonds. The Kier molecular flexibility index (Phi) is 4.17. The van der Waals surface area contributed by atoms with E-state index in [2.05, 4.69) is 15.7 Å². The molecule has 1 aromatic heterocycles. The summed E-state index contributed by atoms with van der Waals surface area (Å²) in [5.41, 5.74) is 0. The maximum Gasteiger partial charge on any atom is 0.330 e. The molecule has 4 nitrogen and oxygen atoms in total. The molecular weight excluding hydrogens is 238 g/mol. The van der Waals surface area contributed by atoms with E-state index < -0.39 is 0 Å². The van der Waals surface area contributed by atoms with Gasteiger partial charge in [0.1, 0.15) is 0 Å². The largest absolute Gasteiger partial charge is 0.466 e. The Morgan fingerprint density at radius 3 is 2.94 bits per heavy atom. The van der Waals surface area contributed by atoms with Crippen LogP contribution in [0.15, 0.2) is 18.2 Å². The molecule has 1 saturated heterocycles. The summed E-state index contributed by atoms with van der Waals surface area (Å²) < 4.78 is 9.86. The highest BCUT2D eigenvalue weighted by molar-refractivity contribution is 7.16. The highest BCUT2D eigenvalue weighted by Crippen LogP contribution is 2.27. The Labute approximate surface area is 104 Å². The standard InChI is InChI=1S/C12H15NO3S/c1-15-12(14)5-3-10-2-4-11(17-10)13-6-8-16-9-7-13/h2-5H,6-9H2,1H3/b5-3+. The van der Waals surface area contributed by atoms with Gasteiger partial charge in [-0.3, -0.25) is 0 Å². The number of hydrogen-bond donors (Lipinski definition) is 0. The van der Waals surface area contributed by atoms with Gasteiger partial charge in [-0.05, 0) is 18.2 Å².